The molecular formula is C29H24O3. The van der Waals surface area contributed by atoms with Gasteiger partial charge in [0.05, 0.1) is 32.2 Å². The first kappa shape index (κ1) is 19.0. The lowest BCUT2D eigenvalue weighted by atomic mass is 9.30. The van der Waals surface area contributed by atoms with Crippen LogP contribution in [0.15, 0.2) is 91.0 Å². The van der Waals surface area contributed by atoms with E-state index in [9.17, 15) is 0 Å². The number of ether oxygens (including phenoxy) is 3. The van der Waals surface area contributed by atoms with E-state index in [4.69, 9.17) is 14.2 Å². The van der Waals surface area contributed by atoms with Crippen molar-refractivity contribution in [1.82, 2.24) is 0 Å². The Labute approximate surface area is 188 Å². The van der Waals surface area contributed by atoms with Crippen LogP contribution in [0.5, 0.6) is 17.2 Å². The summed E-state index contributed by atoms with van der Waals surface area (Å²) < 4.78 is 16.5. The van der Waals surface area contributed by atoms with Crippen molar-refractivity contribution in [2.45, 2.75) is 10.8 Å². The van der Waals surface area contributed by atoms with E-state index in [0.29, 0.717) is 0 Å². The van der Waals surface area contributed by atoms with E-state index in [1.165, 1.54) is 33.4 Å². The predicted octanol–water partition coefficient (Wildman–Crippen LogP) is 5.71. The second kappa shape index (κ2) is 6.64. The van der Waals surface area contributed by atoms with E-state index in [1.807, 2.05) is 0 Å². The van der Waals surface area contributed by atoms with Gasteiger partial charge in [-0.2, -0.15) is 0 Å². The minimum absolute atomic E-state index is 0.258. The molecule has 2 aliphatic carbocycles. The first-order valence-electron chi connectivity index (χ1n) is 10.8. The molecule has 2 atom stereocenters. The van der Waals surface area contributed by atoms with E-state index in [-0.39, 0.29) is 10.8 Å². The number of fused-ring (bicyclic) bond motifs is 7. The molecule has 6 rings (SSSR count). The summed E-state index contributed by atoms with van der Waals surface area (Å²) >= 11 is 0. The van der Waals surface area contributed by atoms with Crippen molar-refractivity contribution in [1.29, 1.82) is 0 Å². The largest absolute Gasteiger partial charge is 0.497 e. The molecule has 0 spiro atoms. The predicted molar refractivity (Wildman–Crippen MR) is 125 cm³/mol. The van der Waals surface area contributed by atoms with Gasteiger partial charge in [-0.15, -0.1) is 0 Å². The summed E-state index contributed by atoms with van der Waals surface area (Å²) in [4.78, 5) is 0. The molecule has 0 N–H and O–H groups in total. The van der Waals surface area contributed by atoms with Crippen molar-refractivity contribution in [3.05, 3.63) is 124 Å². The van der Waals surface area contributed by atoms with Crippen LogP contribution in [0.4, 0.5) is 0 Å². The highest BCUT2D eigenvalue weighted by molar-refractivity contribution is 5.86. The summed E-state index contributed by atoms with van der Waals surface area (Å²) in [5, 5.41) is 0. The normalized spacial score (nSPS) is 21.8. The zero-order chi connectivity index (χ0) is 21.9. The second-order valence-corrected chi connectivity index (χ2v) is 8.41. The Bertz CT molecular complexity index is 1320. The molecule has 0 fully saturated rings. The van der Waals surface area contributed by atoms with Gasteiger partial charge in [-0.25, -0.2) is 0 Å². The number of rotatable bonds is 5. The summed E-state index contributed by atoms with van der Waals surface area (Å²) in [7, 11) is 5.14. The molecule has 0 heterocycles. The van der Waals surface area contributed by atoms with Gasteiger partial charge in [0, 0.05) is 0 Å². The van der Waals surface area contributed by atoms with E-state index in [0.717, 1.165) is 17.2 Å². The molecule has 4 aromatic rings. The average Bonchev–Trinajstić information content (AvgIpc) is 2.85. The third-order valence-corrected chi connectivity index (χ3v) is 7.38. The van der Waals surface area contributed by atoms with Crippen molar-refractivity contribution in [3.63, 3.8) is 0 Å². The van der Waals surface area contributed by atoms with Crippen LogP contribution < -0.4 is 14.2 Å². The lowest BCUT2D eigenvalue weighted by Gasteiger charge is -2.69. The second-order valence-electron chi connectivity index (χ2n) is 8.41. The zero-order valence-corrected chi connectivity index (χ0v) is 18.4. The van der Waals surface area contributed by atoms with Crippen molar-refractivity contribution in [2.75, 3.05) is 21.3 Å². The van der Waals surface area contributed by atoms with Crippen LogP contribution in [-0.4, -0.2) is 21.3 Å². The lowest BCUT2D eigenvalue weighted by Crippen LogP contribution is -2.68. The molecule has 0 aromatic heterocycles. The van der Waals surface area contributed by atoms with Gasteiger partial charge in [-0.1, -0.05) is 54.6 Å². The Morgan fingerprint density at radius 3 is 1.31 bits per heavy atom. The molecule has 0 saturated carbocycles. The molecule has 0 unspecified atom stereocenters. The van der Waals surface area contributed by atoms with Gasteiger partial charge in [0.2, 0.25) is 0 Å². The molecule has 3 heteroatoms. The van der Waals surface area contributed by atoms with Gasteiger partial charge in [0.25, 0.3) is 0 Å². The molecular weight excluding hydrogens is 396 g/mol. The average molecular weight is 421 g/mol. The zero-order valence-electron chi connectivity index (χ0n) is 18.4. The summed E-state index contributed by atoms with van der Waals surface area (Å²) in [5.74, 6) is 2.60. The monoisotopic (exact) mass is 420 g/mol. The van der Waals surface area contributed by atoms with Crippen LogP contribution in [0.3, 0.4) is 0 Å². The fourth-order valence-corrected chi connectivity index (χ4v) is 6.13. The van der Waals surface area contributed by atoms with Crippen LogP contribution in [0.2, 0.25) is 0 Å². The summed E-state index contributed by atoms with van der Waals surface area (Å²) in [5.41, 5.74) is 7.33. The maximum absolute atomic E-state index is 5.63. The van der Waals surface area contributed by atoms with E-state index >= 15 is 0 Å². The van der Waals surface area contributed by atoms with E-state index in [1.54, 1.807) is 21.3 Å². The molecule has 0 aliphatic heterocycles. The molecule has 0 saturated heterocycles. The molecule has 0 bridgehead atoms. The van der Waals surface area contributed by atoms with Crippen molar-refractivity contribution >= 4 is 0 Å². The third-order valence-electron chi connectivity index (χ3n) is 7.38. The number of hydrogen-bond donors (Lipinski definition) is 0. The molecule has 3 nitrogen and oxygen atoms in total. The van der Waals surface area contributed by atoms with E-state index in [2.05, 4.69) is 91.0 Å². The van der Waals surface area contributed by atoms with Gasteiger partial charge in [0.1, 0.15) is 17.2 Å². The van der Waals surface area contributed by atoms with Gasteiger partial charge >= 0.3 is 0 Å². The highest BCUT2D eigenvalue weighted by atomic mass is 16.5. The Balaban J connectivity index is 1.70. The lowest BCUT2D eigenvalue weighted by molar-refractivity contribution is 0.286. The fraction of sp³-hybridized carbons (Fsp3) is 0.172. The van der Waals surface area contributed by atoms with Crippen molar-refractivity contribution in [2.24, 2.45) is 0 Å². The SMILES string of the molecule is COc1ccc([C@@]23c4ccccc4[C@@]2(c2ccc(OC)cc2)c2cc(OC)ccc23)cc1. The highest BCUT2D eigenvalue weighted by Gasteiger charge is 2.73. The van der Waals surface area contributed by atoms with Crippen LogP contribution in [0.1, 0.15) is 33.4 Å². The first-order valence-corrected chi connectivity index (χ1v) is 10.8. The maximum Gasteiger partial charge on any atom is 0.119 e. The summed E-state index contributed by atoms with van der Waals surface area (Å²) in [6.45, 7) is 0. The number of benzene rings is 4. The summed E-state index contributed by atoms with van der Waals surface area (Å²) in [6.07, 6.45) is 0. The molecule has 4 aromatic carbocycles. The third kappa shape index (κ3) is 2.02. The smallest absolute Gasteiger partial charge is 0.119 e. The van der Waals surface area contributed by atoms with Crippen LogP contribution in [0.25, 0.3) is 0 Å². The topological polar surface area (TPSA) is 27.7 Å². The van der Waals surface area contributed by atoms with Gasteiger partial charge in [-0.05, 0) is 69.8 Å². The first-order chi connectivity index (χ1) is 15.7. The van der Waals surface area contributed by atoms with Crippen LogP contribution in [-0.2, 0) is 10.8 Å². The van der Waals surface area contributed by atoms with Crippen LogP contribution >= 0.6 is 0 Å². The van der Waals surface area contributed by atoms with Crippen molar-refractivity contribution in [3.8, 4) is 17.2 Å². The molecule has 158 valence electrons. The van der Waals surface area contributed by atoms with E-state index < -0.39 is 0 Å². The molecule has 2 aliphatic rings. The van der Waals surface area contributed by atoms with Crippen molar-refractivity contribution < 1.29 is 14.2 Å². The Morgan fingerprint density at radius 1 is 0.438 bits per heavy atom. The molecule has 0 radical (unpaired) electrons. The minimum atomic E-state index is -0.283. The van der Waals surface area contributed by atoms with Gasteiger partial charge in [-0.3, -0.25) is 0 Å². The number of methoxy groups -OCH3 is 3. The Kier molecular flexibility index (Phi) is 3.94. The quantitative estimate of drug-likeness (QED) is 0.414. The van der Waals surface area contributed by atoms with Crippen LogP contribution in [0, 0.1) is 0 Å². The maximum atomic E-state index is 5.63. The molecule has 32 heavy (non-hydrogen) atoms. The Hall–Kier alpha value is -3.72. The summed E-state index contributed by atoms with van der Waals surface area (Å²) in [6, 6.07) is 32.4. The highest BCUT2D eigenvalue weighted by Crippen LogP contribution is 2.76. The molecule has 0 amide bonds. The Morgan fingerprint density at radius 2 is 0.844 bits per heavy atom. The fourth-order valence-electron chi connectivity index (χ4n) is 6.13. The van der Waals surface area contributed by atoms with Gasteiger partial charge in [0.15, 0.2) is 0 Å². The standard InChI is InChI=1S/C29H24O3/c1-30-21-12-8-19(9-13-21)28-24-6-4-5-7-25(24)29(28,20-10-14-22(31-2)15-11-20)27-18-23(32-3)16-17-26(27)28/h4-18H,1-3H3/t28-,29-/m0/s1. The van der Waals surface area contributed by atoms with Gasteiger partial charge < -0.3 is 14.2 Å². The minimum Gasteiger partial charge on any atom is -0.497 e. The number of hydrogen-bond acceptors (Lipinski definition) is 3.